The molecule has 0 radical (unpaired) electrons. The second kappa shape index (κ2) is 10.1. The number of rotatable bonds is 7. The molecule has 0 bridgehead atoms. The summed E-state index contributed by atoms with van der Waals surface area (Å²) in [6.07, 6.45) is 1.42. The summed E-state index contributed by atoms with van der Waals surface area (Å²) < 4.78 is 15.8. The van der Waals surface area contributed by atoms with Gasteiger partial charge in [-0.05, 0) is 59.5 Å². The van der Waals surface area contributed by atoms with Crippen LogP contribution in [0.5, 0.6) is 17.2 Å². The number of nitrogens with one attached hydrogen (secondary N) is 1. The number of anilines is 1. The number of nitriles is 1. The van der Waals surface area contributed by atoms with Gasteiger partial charge in [-0.15, -0.1) is 11.3 Å². The van der Waals surface area contributed by atoms with Crippen LogP contribution in [0, 0.1) is 11.3 Å². The molecule has 0 aliphatic heterocycles. The van der Waals surface area contributed by atoms with Crippen LogP contribution < -0.4 is 19.5 Å². The number of methoxy groups -OCH3 is 2. The lowest BCUT2D eigenvalue weighted by molar-refractivity contribution is -0.112. The molecule has 0 aliphatic rings. The van der Waals surface area contributed by atoms with Crippen LogP contribution in [0.15, 0.2) is 65.6 Å². The van der Waals surface area contributed by atoms with Crippen LogP contribution in [0.25, 0.3) is 6.08 Å². The Morgan fingerprint density at radius 1 is 1.03 bits per heavy atom. The molecule has 3 aromatic rings. The number of esters is 1. The maximum atomic E-state index is 12.5. The zero-order valence-corrected chi connectivity index (χ0v) is 17.6. The zero-order valence-electron chi connectivity index (χ0n) is 16.7. The van der Waals surface area contributed by atoms with E-state index >= 15 is 0 Å². The fourth-order valence-corrected chi connectivity index (χ4v) is 3.19. The molecule has 0 atom stereocenters. The van der Waals surface area contributed by atoms with Crippen molar-refractivity contribution >= 4 is 35.0 Å². The number of benzene rings is 2. The first-order valence-electron chi connectivity index (χ1n) is 9.05. The van der Waals surface area contributed by atoms with Gasteiger partial charge in [0.1, 0.15) is 22.3 Å². The second-order valence-corrected chi connectivity index (χ2v) is 7.08. The smallest absolute Gasteiger partial charge is 0.353 e. The summed E-state index contributed by atoms with van der Waals surface area (Å²) in [7, 11) is 2.99. The van der Waals surface area contributed by atoms with E-state index in [0.29, 0.717) is 27.6 Å². The lowest BCUT2D eigenvalue weighted by Gasteiger charge is -2.10. The Balaban J connectivity index is 1.77. The summed E-state index contributed by atoms with van der Waals surface area (Å²) in [6, 6.07) is 16.8. The van der Waals surface area contributed by atoms with Crippen molar-refractivity contribution in [3.8, 4) is 23.3 Å². The number of carbonyl (C=O) groups excluding carboxylic acids is 2. The number of carbonyl (C=O) groups is 2. The minimum atomic E-state index is -0.556. The molecule has 1 aromatic heterocycles. The molecule has 1 amide bonds. The Bertz CT molecular complexity index is 1150. The van der Waals surface area contributed by atoms with Crippen LogP contribution in [-0.4, -0.2) is 26.1 Å². The van der Waals surface area contributed by atoms with Crippen molar-refractivity contribution in [2.24, 2.45) is 0 Å². The number of nitrogens with zero attached hydrogens (tertiary/aromatic N) is 1. The van der Waals surface area contributed by atoms with E-state index in [4.69, 9.17) is 14.2 Å². The number of hydrogen-bond donors (Lipinski definition) is 1. The van der Waals surface area contributed by atoms with Crippen molar-refractivity contribution in [1.29, 1.82) is 5.26 Å². The summed E-state index contributed by atoms with van der Waals surface area (Å²) in [5.74, 6) is 0.139. The Morgan fingerprint density at radius 3 is 2.42 bits per heavy atom. The second-order valence-electron chi connectivity index (χ2n) is 6.13. The van der Waals surface area contributed by atoms with E-state index in [0.717, 1.165) is 0 Å². The summed E-state index contributed by atoms with van der Waals surface area (Å²) >= 11 is 1.27. The van der Waals surface area contributed by atoms with Crippen LogP contribution >= 0.6 is 11.3 Å². The lowest BCUT2D eigenvalue weighted by Crippen LogP contribution is -2.13. The van der Waals surface area contributed by atoms with Crippen molar-refractivity contribution in [3.05, 3.63) is 76.0 Å². The fraction of sp³-hybridized carbons (Fsp3) is 0.0870. The minimum absolute atomic E-state index is 0.0961. The maximum Gasteiger partial charge on any atom is 0.353 e. The third-order valence-corrected chi connectivity index (χ3v) is 4.99. The largest absolute Gasteiger partial charge is 0.497 e. The monoisotopic (exact) mass is 434 g/mol. The van der Waals surface area contributed by atoms with Crippen LogP contribution in [0.3, 0.4) is 0 Å². The van der Waals surface area contributed by atoms with Gasteiger partial charge in [-0.3, -0.25) is 4.79 Å². The maximum absolute atomic E-state index is 12.5. The van der Waals surface area contributed by atoms with Crippen LogP contribution in [0.1, 0.15) is 15.2 Å². The van der Waals surface area contributed by atoms with Crippen molar-refractivity contribution in [2.45, 2.75) is 0 Å². The number of amides is 1. The van der Waals surface area contributed by atoms with Crippen LogP contribution in [-0.2, 0) is 4.79 Å². The standard InChI is InChI=1S/C23H18N2O5S/c1-28-18-8-6-17(7-9-18)25-22(26)16(14-24)12-15-5-10-19(20(13-15)29-2)30-23(27)21-4-3-11-31-21/h3-13H,1-2H3,(H,25,26)/b16-12+. The molecular formula is C23H18N2O5S. The SMILES string of the molecule is COc1ccc(NC(=O)/C(C#N)=C/c2ccc(OC(=O)c3cccs3)c(OC)c2)cc1. The van der Waals surface area contributed by atoms with Gasteiger partial charge >= 0.3 is 5.97 Å². The first kappa shape index (κ1) is 21.6. The van der Waals surface area contributed by atoms with Crippen molar-refractivity contribution in [2.75, 3.05) is 19.5 Å². The van der Waals surface area contributed by atoms with Gasteiger partial charge in [0.15, 0.2) is 11.5 Å². The predicted molar refractivity (Wildman–Crippen MR) is 117 cm³/mol. The van der Waals surface area contributed by atoms with Gasteiger partial charge in [0.2, 0.25) is 0 Å². The van der Waals surface area contributed by atoms with E-state index in [1.165, 1.54) is 24.5 Å². The van der Waals surface area contributed by atoms with Gasteiger partial charge in [-0.25, -0.2) is 4.79 Å². The third kappa shape index (κ3) is 5.50. The average Bonchev–Trinajstić information content (AvgIpc) is 3.34. The molecule has 1 heterocycles. The molecule has 0 saturated heterocycles. The molecule has 0 saturated carbocycles. The van der Waals surface area contributed by atoms with Crippen LogP contribution in [0.4, 0.5) is 5.69 Å². The van der Waals surface area contributed by atoms with Gasteiger partial charge < -0.3 is 19.5 Å². The number of thiophene rings is 1. The van der Waals surface area contributed by atoms with Crippen LogP contribution in [0.2, 0.25) is 0 Å². The molecule has 1 N–H and O–H groups in total. The zero-order chi connectivity index (χ0) is 22.2. The third-order valence-electron chi connectivity index (χ3n) is 4.14. The number of ether oxygens (including phenoxy) is 3. The normalized spacial score (nSPS) is 10.7. The molecule has 31 heavy (non-hydrogen) atoms. The molecule has 0 fully saturated rings. The molecule has 2 aromatic carbocycles. The van der Waals surface area contributed by atoms with Crippen molar-refractivity contribution < 1.29 is 23.8 Å². The lowest BCUT2D eigenvalue weighted by atomic mass is 10.1. The molecule has 0 spiro atoms. The minimum Gasteiger partial charge on any atom is -0.497 e. The molecular weight excluding hydrogens is 416 g/mol. The number of hydrogen-bond acceptors (Lipinski definition) is 7. The predicted octanol–water partition coefficient (Wildman–Crippen LogP) is 4.53. The van der Waals surface area contributed by atoms with Crippen molar-refractivity contribution in [1.82, 2.24) is 0 Å². The van der Waals surface area contributed by atoms with Gasteiger partial charge in [0.05, 0.1) is 14.2 Å². The van der Waals surface area contributed by atoms with Gasteiger partial charge in [0, 0.05) is 5.69 Å². The average molecular weight is 434 g/mol. The Hall–Kier alpha value is -4.09. The topological polar surface area (TPSA) is 97.6 Å². The molecule has 156 valence electrons. The summed E-state index contributed by atoms with van der Waals surface area (Å²) in [5.41, 5.74) is 0.968. The molecule has 0 aliphatic carbocycles. The van der Waals surface area contributed by atoms with Gasteiger partial charge in [-0.1, -0.05) is 12.1 Å². The van der Waals surface area contributed by atoms with E-state index < -0.39 is 11.9 Å². The Morgan fingerprint density at radius 2 is 1.81 bits per heavy atom. The highest BCUT2D eigenvalue weighted by Gasteiger charge is 2.15. The molecule has 3 rings (SSSR count). The Labute approximate surface area is 183 Å². The summed E-state index contributed by atoms with van der Waals surface area (Å²) in [4.78, 5) is 25.1. The van der Waals surface area contributed by atoms with E-state index in [1.807, 2.05) is 6.07 Å². The highest BCUT2D eigenvalue weighted by molar-refractivity contribution is 7.12. The highest BCUT2D eigenvalue weighted by atomic mass is 32.1. The molecule has 0 unspecified atom stereocenters. The van der Waals surface area contributed by atoms with Gasteiger partial charge in [0.25, 0.3) is 5.91 Å². The van der Waals surface area contributed by atoms with E-state index in [1.54, 1.807) is 67.1 Å². The first-order valence-corrected chi connectivity index (χ1v) is 9.93. The molecule has 7 nitrogen and oxygen atoms in total. The van der Waals surface area contributed by atoms with Crippen molar-refractivity contribution in [3.63, 3.8) is 0 Å². The van der Waals surface area contributed by atoms with E-state index in [-0.39, 0.29) is 11.3 Å². The fourth-order valence-electron chi connectivity index (χ4n) is 2.59. The van der Waals surface area contributed by atoms with E-state index in [9.17, 15) is 14.9 Å². The van der Waals surface area contributed by atoms with E-state index in [2.05, 4.69) is 5.32 Å². The first-order chi connectivity index (χ1) is 15.0. The summed E-state index contributed by atoms with van der Waals surface area (Å²) in [5, 5.41) is 13.9. The Kier molecular flexibility index (Phi) is 7.04. The summed E-state index contributed by atoms with van der Waals surface area (Å²) in [6.45, 7) is 0. The molecule has 8 heteroatoms. The quantitative estimate of drug-likeness (QED) is 0.254. The van der Waals surface area contributed by atoms with Gasteiger partial charge in [-0.2, -0.15) is 5.26 Å². The highest BCUT2D eigenvalue weighted by Crippen LogP contribution is 2.30.